The number of rotatable bonds is 2. The molecule has 54 valence electrons. The molecular formula is C7H9IN2. The number of aromatic nitrogens is 2. The van der Waals surface area contributed by atoms with Crippen molar-refractivity contribution >= 4 is 22.6 Å². The molecule has 1 aromatic rings. The van der Waals surface area contributed by atoms with E-state index in [1.165, 1.54) is 0 Å². The standard InChI is InChI=1S/C7H9IN2/c1-2-6-4-10-7(3-8)5-9-6/h4-5H,2-3H2,1H3. The Morgan fingerprint density at radius 2 is 1.90 bits per heavy atom. The topological polar surface area (TPSA) is 25.8 Å². The molecule has 2 nitrogen and oxygen atoms in total. The minimum atomic E-state index is 0.939. The summed E-state index contributed by atoms with van der Waals surface area (Å²) >= 11 is 2.27. The molecule has 0 N–H and O–H groups in total. The number of aryl methyl sites for hydroxylation is 1. The SMILES string of the molecule is CCc1cnc(CI)cn1. The summed E-state index contributed by atoms with van der Waals surface area (Å²) in [6.45, 7) is 2.08. The average Bonchev–Trinajstić information content (AvgIpc) is 2.05. The Bertz CT molecular complexity index is 172. The van der Waals surface area contributed by atoms with Crippen LogP contribution in [0.4, 0.5) is 0 Å². The van der Waals surface area contributed by atoms with E-state index >= 15 is 0 Å². The van der Waals surface area contributed by atoms with E-state index in [9.17, 15) is 0 Å². The Morgan fingerprint density at radius 1 is 1.30 bits per heavy atom. The van der Waals surface area contributed by atoms with Crippen LogP contribution >= 0.6 is 22.6 Å². The van der Waals surface area contributed by atoms with Crippen LogP contribution in [0.3, 0.4) is 0 Å². The molecule has 0 saturated heterocycles. The zero-order chi connectivity index (χ0) is 7.40. The largest absolute Gasteiger partial charge is 0.258 e. The van der Waals surface area contributed by atoms with Crippen LogP contribution in [-0.2, 0) is 10.8 Å². The van der Waals surface area contributed by atoms with Gasteiger partial charge in [-0.05, 0) is 6.42 Å². The summed E-state index contributed by atoms with van der Waals surface area (Å²) in [7, 11) is 0. The second-order valence-electron chi connectivity index (χ2n) is 1.99. The van der Waals surface area contributed by atoms with Gasteiger partial charge in [0.2, 0.25) is 0 Å². The first-order chi connectivity index (χ1) is 4.86. The van der Waals surface area contributed by atoms with Crippen molar-refractivity contribution in [3.63, 3.8) is 0 Å². The second kappa shape index (κ2) is 3.85. The van der Waals surface area contributed by atoms with Crippen molar-refractivity contribution in [2.75, 3.05) is 0 Å². The summed E-state index contributed by atoms with van der Waals surface area (Å²) in [5.41, 5.74) is 2.12. The van der Waals surface area contributed by atoms with E-state index < -0.39 is 0 Å². The molecule has 0 aliphatic rings. The van der Waals surface area contributed by atoms with Gasteiger partial charge in [-0.25, -0.2) is 0 Å². The molecule has 3 heteroatoms. The maximum Gasteiger partial charge on any atom is 0.0684 e. The third kappa shape index (κ3) is 1.90. The lowest BCUT2D eigenvalue weighted by atomic mass is 10.3. The van der Waals surface area contributed by atoms with Gasteiger partial charge in [0.05, 0.1) is 11.4 Å². The highest BCUT2D eigenvalue weighted by molar-refractivity contribution is 14.1. The van der Waals surface area contributed by atoms with E-state index in [4.69, 9.17) is 0 Å². The van der Waals surface area contributed by atoms with Crippen molar-refractivity contribution in [3.8, 4) is 0 Å². The molecule has 1 rings (SSSR count). The molecule has 1 aromatic heterocycles. The lowest BCUT2D eigenvalue weighted by molar-refractivity contribution is 0.975. The molecule has 0 spiro atoms. The number of hydrogen-bond donors (Lipinski definition) is 0. The van der Waals surface area contributed by atoms with Crippen LogP contribution in [-0.4, -0.2) is 9.97 Å². The van der Waals surface area contributed by atoms with E-state index in [2.05, 4.69) is 39.5 Å². The van der Waals surface area contributed by atoms with Gasteiger partial charge in [-0.1, -0.05) is 29.5 Å². The molecule has 0 fully saturated rings. The number of nitrogens with zero attached hydrogens (tertiary/aromatic N) is 2. The first-order valence-electron chi connectivity index (χ1n) is 3.22. The molecule has 1 heterocycles. The van der Waals surface area contributed by atoms with Gasteiger partial charge in [0.15, 0.2) is 0 Å². The lowest BCUT2D eigenvalue weighted by Gasteiger charge is -1.95. The number of halogens is 1. The number of alkyl halides is 1. The molecule has 0 radical (unpaired) electrons. The van der Waals surface area contributed by atoms with Crippen molar-refractivity contribution in [1.82, 2.24) is 9.97 Å². The maximum absolute atomic E-state index is 4.20. The zero-order valence-corrected chi connectivity index (χ0v) is 8.00. The molecule has 0 unspecified atom stereocenters. The van der Waals surface area contributed by atoms with Crippen LogP contribution in [0.1, 0.15) is 18.3 Å². The fraction of sp³-hybridized carbons (Fsp3) is 0.429. The van der Waals surface area contributed by atoms with Crippen LogP contribution in [0, 0.1) is 0 Å². The van der Waals surface area contributed by atoms with Crippen molar-refractivity contribution in [2.24, 2.45) is 0 Å². The van der Waals surface area contributed by atoms with Crippen LogP contribution < -0.4 is 0 Å². The first kappa shape index (κ1) is 7.91. The van der Waals surface area contributed by atoms with Crippen molar-refractivity contribution in [2.45, 2.75) is 17.8 Å². The molecule has 0 saturated carbocycles. The van der Waals surface area contributed by atoms with Gasteiger partial charge in [-0.2, -0.15) is 0 Å². The van der Waals surface area contributed by atoms with Gasteiger partial charge in [0.1, 0.15) is 0 Å². The predicted octanol–water partition coefficient (Wildman–Crippen LogP) is 1.97. The van der Waals surface area contributed by atoms with Gasteiger partial charge >= 0.3 is 0 Å². The van der Waals surface area contributed by atoms with Crippen LogP contribution in [0.2, 0.25) is 0 Å². The minimum Gasteiger partial charge on any atom is -0.258 e. The monoisotopic (exact) mass is 248 g/mol. The highest BCUT2D eigenvalue weighted by Crippen LogP contribution is 2.00. The Morgan fingerprint density at radius 3 is 2.30 bits per heavy atom. The van der Waals surface area contributed by atoms with Gasteiger partial charge in [-0.15, -0.1) is 0 Å². The van der Waals surface area contributed by atoms with E-state index in [1.54, 1.807) is 0 Å². The summed E-state index contributed by atoms with van der Waals surface area (Å²) in [5, 5.41) is 0. The van der Waals surface area contributed by atoms with E-state index in [0.29, 0.717) is 0 Å². The second-order valence-corrected chi connectivity index (χ2v) is 2.75. The first-order valence-corrected chi connectivity index (χ1v) is 4.75. The van der Waals surface area contributed by atoms with Crippen molar-refractivity contribution < 1.29 is 0 Å². The number of hydrogen-bond acceptors (Lipinski definition) is 2. The average molecular weight is 248 g/mol. The highest BCUT2D eigenvalue weighted by Gasteiger charge is 1.91. The Balaban J connectivity index is 2.80. The third-order valence-corrected chi connectivity index (χ3v) is 2.04. The lowest BCUT2D eigenvalue weighted by Crippen LogP contribution is -1.91. The normalized spacial score (nSPS) is 9.80. The molecule has 0 amide bonds. The van der Waals surface area contributed by atoms with Gasteiger partial charge < -0.3 is 0 Å². The quantitative estimate of drug-likeness (QED) is 0.590. The van der Waals surface area contributed by atoms with Crippen LogP contribution in [0.25, 0.3) is 0 Å². The third-order valence-electron chi connectivity index (χ3n) is 1.26. The minimum absolute atomic E-state index is 0.939. The molecule has 0 aromatic carbocycles. The smallest absolute Gasteiger partial charge is 0.0684 e. The van der Waals surface area contributed by atoms with E-state index in [-0.39, 0.29) is 0 Å². The fourth-order valence-electron chi connectivity index (χ4n) is 0.633. The molecular weight excluding hydrogens is 239 g/mol. The maximum atomic E-state index is 4.20. The van der Waals surface area contributed by atoms with Gasteiger partial charge in [0.25, 0.3) is 0 Å². The predicted molar refractivity (Wildman–Crippen MR) is 49.1 cm³/mol. The zero-order valence-electron chi connectivity index (χ0n) is 5.84. The molecule has 0 atom stereocenters. The van der Waals surface area contributed by atoms with Crippen LogP contribution in [0.5, 0.6) is 0 Å². The van der Waals surface area contributed by atoms with Crippen molar-refractivity contribution in [3.05, 3.63) is 23.8 Å². The fourth-order valence-corrected chi connectivity index (χ4v) is 1.03. The van der Waals surface area contributed by atoms with Gasteiger partial charge in [-0.3, -0.25) is 9.97 Å². The summed E-state index contributed by atoms with van der Waals surface area (Å²) in [6, 6.07) is 0. The Labute approximate surface area is 74.2 Å². The van der Waals surface area contributed by atoms with Gasteiger partial charge in [0, 0.05) is 16.8 Å². The molecule has 0 aliphatic heterocycles. The molecule has 0 bridgehead atoms. The summed E-state index contributed by atoms with van der Waals surface area (Å²) < 4.78 is 0.939. The summed E-state index contributed by atoms with van der Waals surface area (Å²) in [4.78, 5) is 8.40. The van der Waals surface area contributed by atoms with E-state index in [0.717, 1.165) is 22.2 Å². The highest BCUT2D eigenvalue weighted by atomic mass is 127. The Kier molecular flexibility index (Phi) is 3.05. The van der Waals surface area contributed by atoms with E-state index in [1.807, 2.05) is 12.4 Å². The molecule has 10 heavy (non-hydrogen) atoms. The Hall–Kier alpha value is -0.190. The van der Waals surface area contributed by atoms with Crippen LogP contribution in [0.15, 0.2) is 12.4 Å². The molecule has 0 aliphatic carbocycles. The summed E-state index contributed by atoms with van der Waals surface area (Å²) in [6.07, 6.45) is 4.65. The van der Waals surface area contributed by atoms with Crippen molar-refractivity contribution in [1.29, 1.82) is 0 Å². The summed E-state index contributed by atoms with van der Waals surface area (Å²) in [5.74, 6) is 0.